The molecule has 0 aliphatic carbocycles. The molecule has 0 radical (unpaired) electrons. The zero-order valence-electron chi connectivity index (χ0n) is 18.8. The summed E-state index contributed by atoms with van der Waals surface area (Å²) in [7, 11) is 3.16. The number of nitrogens with zero attached hydrogens (tertiary/aromatic N) is 3. The summed E-state index contributed by atoms with van der Waals surface area (Å²) in [5.74, 6) is 1.84. The normalized spacial score (nSPS) is 18.1. The van der Waals surface area contributed by atoms with Gasteiger partial charge in [-0.3, -0.25) is 0 Å². The van der Waals surface area contributed by atoms with Gasteiger partial charge in [0.25, 0.3) is 0 Å². The van der Waals surface area contributed by atoms with E-state index in [-0.39, 0.29) is 5.82 Å². The van der Waals surface area contributed by atoms with Crippen LogP contribution in [0.5, 0.6) is 17.2 Å². The molecule has 0 amide bonds. The fourth-order valence-corrected chi connectivity index (χ4v) is 4.99. The van der Waals surface area contributed by atoms with Gasteiger partial charge in [-0.1, -0.05) is 41.9 Å². The van der Waals surface area contributed by atoms with Gasteiger partial charge in [-0.25, -0.2) is 9.07 Å². The number of hydrogen-bond acceptors (Lipinski definition) is 6. The van der Waals surface area contributed by atoms with Crippen LogP contribution in [0.2, 0.25) is 5.02 Å². The molecule has 6 rings (SSSR count). The van der Waals surface area contributed by atoms with Crippen LogP contribution in [-0.4, -0.2) is 29.0 Å². The minimum absolute atomic E-state index is 0.360. The Bertz CT molecular complexity index is 1490. The highest BCUT2D eigenvalue weighted by atomic mass is 35.5. The average Bonchev–Trinajstić information content (AvgIpc) is 3.35. The van der Waals surface area contributed by atoms with Crippen LogP contribution in [-0.2, 0) is 0 Å². The molecule has 0 saturated carbocycles. The van der Waals surface area contributed by atoms with Gasteiger partial charge in [0.05, 0.1) is 19.9 Å². The van der Waals surface area contributed by atoms with Crippen molar-refractivity contribution in [2.75, 3.05) is 19.5 Å². The third-order valence-electron chi connectivity index (χ3n) is 6.29. The van der Waals surface area contributed by atoms with Gasteiger partial charge >= 0.3 is 0 Å². The summed E-state index contributed by atoms with van der Waals surface area (Å²) >= 11 is 6.37. The molecule has 1 aromatic heterocycles. The van der Waals surface area contributed by atoms with Crippen LogP contribution in [0.1, 0.15) is 28.8 Å². The number of aromatic nitrogens is 3. The Kier molecular flexibility index (Phi) is 5.11. The van der Waals surface area contributed by atoms with Crippen molar-refractivity contribution in [1.29, 1.82) is 0 Å². The summed E-state index contributed by atoms with van der Waals surface area (Å²) in [6.45, 7) is 0. The van der Waals surface area contributed by atoms with Crippen molar-refractivity contribution in [1.82, 2.24) is 14.8 Å². The molecule has 2 unspecified atom stereocenters. The first-order valence-electron chi connectivity index (χ1n) is 10.9. The third kappa shape index (κ3) is 3.32. The molecule has 2 atom stereocenters. The predicted octanol–water partition coefficient (Wildman–Crippen LogP) is 5.65. The van der Waals surface area contributed by atoms with E-state index in [9.17, 15) is 0 Å². The molecule has 35 heavy (non-hydrogen) atoms. The summed E-state index contributed by atoms with van der Waals surface area (Å²) in [5, 5.41) is 8.36. The largest absolute Gasteiger partial charge is 0.493 e. The Morgan fingerprint density at radius 1 is 1.03 bits per heavy atom. The van der Waals surface area contributed by atoms with E-state index in [0.29, 0.717) is 33.8 Å². The van der Waals surface area contributed by atoms with Gasteiger partial charge in [0.15, 0.2) is 17.6 Å². The van der Waals surface area contributed by atoms with Crippen LogP contribution < -0.4 is 19.5 Å². The van der Waals surface area contributed by atoms with E-state index >= 15 is 4.39 Å². The topological polar surface area (TPSA) is 70.4 Å². The molecule has 0 fully saturated rings. The molecule has 2 aliphatic heterocycles. The zero-order valence-corrected chi connectivity index (χ0v) is 19.6. The lowest BCUT2D eigenvalue weighted by molar-refractivity contribution is 0.215. The van der Waals surface area contributed by atoms with Crippen molar-refractivity contribution in [3.8, 4) is 17.2 Å². The predicted molar refractivity (Wildman–Crippen MR) is 129 cm³/mol. The first-order valence-corrected chi connectivity index (χ1v) is 11.3. The van der Waals surface area contributed by atoms with Crippen molar-refractivity contribution in [3.63, 3.8) is 0 Å². The molecular formula is C26H20ClFN4O3. The van der Waals surface area contributed by atoms with E-state index in [0.717, 1.165) is 22.4 Å². The van der Waals surface area contributed by atoms with E-state index in [1.807, 2.05) is 30.3 Å². The number of methoxy groups -OCH3 is 2. The Morgan fingerprint density at radius 2 is 1.86 bits per heavy atom. The van der Waals surface area contributed by atoms with Crippen molar-refractivity contribution < 1.29 is 18.6 Å². The van der Waals surface area contributed by atoms with Gasteiger partial charge in [-0.05, 0) is 30.3 Å². The summed E-state index contributed by atoms with van der Waals surface area (Å²) in [6.07, 6.45) is 0.786. The molecule has 176 valence electrons. The van der Waals surface area contributed by atoms with Gasteiger partial charge in [0, 0.05) is 27.3 Å². The summed E-state index contributed by atoms with van der Waals surface area (Å²) < 4.78 is 34.8. The third-order valence-corrected chi connectivity index (χ3v) is 6.53. The first kappa shape index (κ1) is 21.5. The van der Waals surface area contributed by atoms with Crippen LogP contribution in [0.25, 0.3) is 5.70 Å². The van der Waals surface area contributed by atoms with Gasteiger partial charge < -0.3 is 19.5 Å². The Morgan fingerprint density at radius 3 is 2.66 bits per heavy atom. The molecule has 7 nitrogen and oxygen atoms in total. The Balaban J connectivity index is 1.67. The smallest absolute Gasteiger partial charge is 0.226 e. The fraction of sp³-hybridized carbons (Fsp3) is 0.154. The quantitative estimate of drug-likeness (QED) is 0.399. The standard InChI is InChI=1S/C26H20ClFN4O3/c1-33-20-9-5-7-16(24(20)34-2)25-21-22(17-12-14(27)10-11-19(17)35-25)31-26-29-13-30-32(26)23(21)15-6-3-4-8-18(15)28/h3-13,23,25H,1-2H3,(H,29,30,31). The molecule has 3 heterocycles. The minimum atomic E-state index is -0.654. The van der Waals surface area contributed by atoms with E-state index in [2.05, 4.69) is 15.4 Å². The molecule has 4 aromatic rings. The Hall–Kier alpha value is -4.04. The highest BCUT2D eigenvalue weighted by Gasteiger charge is 2.43. The first-order chi connectivity index (χ1) is 17.1. The number of fused-ring (bicyclic) bond motifs is 3. The van der Waals surface area contributed by atoms with Crippen molar-refractivity contribution >= 4 is 23.2 Å². The molecule has 2 aliphatic rings. The molecule has 1 N–H and O–H groups in total. The Labute approximate surface area is 205 Å². The van der Waals surface area contributed by atoms with Crippen molar-refractivity contribution in [2.45, 2.75) is 12.1 Å². The monoisotopic (exact) mass is 490 g/mol. The summed E-state index contributed by atoms with van der Waals surface area (Å²) in [5.41, 5.74) is 3.40. The fourth-order valence-electron chi connectivity index (χ4n) is 4.81. The van der Waals surface area contributed by atoms with Gasteiger partial charge in [-0.15, -0.1) is 0 Å². The van der Waals surface area contributed by atoms with Crippen LogP contribution in [0.3, 0.4) is 0 Å². The number of anilines is 1. The maximum absolute atomic E-state index is 15.3. The van der Waals surface area contributed by atoms with Crippen molar-refractivity contribution in [2.24, 2.45) is 0 Å². The summed E-state index contributed by atoms with van der Waals surface area (Å²) in [4.78, 5) is 4.37. The van der Waals surface area contributed by atoms with Gasteiger partial charge in [0.1, 0.15) is 23.9 Å². The summed E-state index contributed by atoms with van der Waals surface area (Å²) in [6, 6.07) is 17.0. The van der Waals surface area contributed by atoms with E-state index in [1.165, 1.54) is 12.4 Å². The second-order valence-corrected chi connectivity index (χ2v) is 8.57. The van der Waals surface area contributed by atoms with Gasteiger partial charge in [-0.2, -0.15) is 10.1 Å². The van der Waals surface area contributed by atoms with Crippen LogP contribution in [0.15, 0.2) is 72.6 Å². The molecule has 0 saturated heterocycles. The number of halogens is 2. The number of nitrogens with one attached hydrogen (secondary N) is 1. The maximum atomic E-state index is 15.3. The lowest BCUT2D eigenvalue weighted by atomic mass is 9.84. The molecule has 3 aromatic carbocycles. The van der Waals surface area contributed by atoms with Crippen LogP contribution in [0.4, 0.5) is 10.3 Å². The average molecular weight is 491 g/mol. The highest BCUT2D eigenvalue weighted by molar-refractivity contribution is 6.30. The van der Waals surface area contributed by atoms with Gasteiger partial charge in [0.2, 0.25) is 5.95 Å². The highest BCUT2D eigenvalue weighted by Crippen LogP contribution is 2.53. The molecule has 0 spiro atoms. The minimum Gasteiger partial charge on any atom is -0.493 e. The number of rotatable bonds is 4. The lowest BCUT2D eigenvalue weighted by Gasteiger charge is -2.39. The van der Waals surface area contributed by atoms with Crippen LogP contribution >= 0.6 is 11.6 Å². The zero-order chi connectivity index (χ0) is 24.1. The van der Waals surface area contributed by atoms with E-state index < -0.39 is 12.1 Å². The second kappa shape index (κ2) is 8.32. The SMILES string of the molecule is COc1cccc(C2Oc3ccc(Cl)cc3C3=C2C(c2ccccc2F)n2ncnc2N3)c1OC. The number of ether oxygens (including phenoxy) is 3. The van der Waals surface area contributed by atoms with Crippen molar-refractivity contribution in [3.05, 3.63) is 100 Å². The second-order valence-electron chi connectivity index (χ2n) is 8.13. The number of hydrogen-bond donors (Lipinski definition) is 1. The van der Waals surface area contributed by atoms with E-state index in [4.69, 9.17) is 25.8 Å². The maximum Gasteiger partial charge on any atom is 0.226 e. The molecule has 0 bridgehead atoms. The lowest BCUT2D eigenvalue weighted by Crippen LogP contribution is -2.33. The number of para-hydroxylation sites is 1. The molecular weight excluding hydrogens is 471 g/mol. The molecule has 9 heteroatoms. The van der Waals surface area contributed by atoms with E-state index in [1.54, 1.807) is 43.2 Å². The number of benzene rings is 3. The van der Waals surface area contributed by atoms with Crippen LogP contribution in [0, 0.1) is 5.82 Å².